The number of hydrogen-bond acceptors (Lipinski definition) is 5. The topological polar surface area (TPSA) is 101 Å². The number of nitrogens with two attached hydrogens (primary N) is 2. The van der Waals surface area contributed by atoms with Crippen LogP contribution in [-0.4, -0.2) is 23.1 Å². The van der Waals surface area contributed by atoms with Crippen LogP contribution in [-0.2, 0) is 0 Å². The Morgan fingerprint density at radius 1 is 1.35 bits per heavy atom. The maximum atomic E-state index is 7.21. The zero-order valence-electron chi connectivity index (χ0n) is 11.5. The molecular weight excluding hydrogens is 270 g/mol. The predicted octanol–water partition coefficient (Wildman–Crippen LogP) is 2.45. The first kappa shape index (κ1) is 14.2. The number of aromatic nitrogens is 1. The van der Waals surface area contributed by atoms with Gasteiger partial charge in [0.2, 0.25) is 0 Å². The van der Waals surface area contributed by atoms with Crippen LogP contribution in [0.3, 0.4) is 0 Å². The second kappa shape index (κ2) is 5.83. The molecule has 0 fully saturated rings. The zero-order chi connectivity index (χ0) is 14.7. The second-order valence-corrected chi connectivity index (χ2v) is 5.48. The molecule has 1 aromatic carbocycles. The summed E-state index contributed by atoms with van der Waals surface area (Å²) >= 11 is 1.58. The fraction of sp³-hybridized carbons (Fsp3) is 0.214. The highest BCUT2D eigenvalue weighted by Crippen LogP contribution is 2.28. The number of anilines is 1. The summed E-state index contributed by atoms with van der Waals surface area (Å²) < 4.78 is 0. The average Bonchev–Trinajstić information content (AvgIpc) is 2.79. The van der Waals surface area contributed by atoms with Gasteiger partial charge in [0, 0.05) is 11.3 Å². The fourth-order valence-corrected chi connectivity index (χ4v) is 2.79. The van der Waals surface area contributed by atoms with Gasteiger partial charge in [0.1, 0.15) is 10.8 Å². The number of amidine groups is 1. The van der Waals surface area contributed by atoms with E-state index < -0.39 is 0 Å². The third-order valence-corrected chi connectivity index (χ3v) is 4.08. The van der Waals surface area contributed by atoms with E-state index in [1.165, 1.54) is 0 Å². The second-order valence-electron chi connectivity index (χ2n) is 4.48. The van der Waals surface area contributed by atoms with Crippen molar-refractivity contribution in [3.05, 3.63) is 34.8 Å². The summed E-state index contributed by atoms with van der Waals surface area (Å²) in [6.07, 6.45) is 0. The summed E-state index contributed by atoms with van der Waals surface area (Å²) in [7, 11) is 0. The number of aliphatic imine (C=N–C) groups is 1. The van der Waals surface area contributed by atoms with Crippen molar-refractivity contribution >= 4 is 28.6 Å². The molecular formula is C14H17N5S. The van der Waals surface area contributed by atoms with Crippen molar-refractivity contribution in [3.8, 4) is 10.6 Å². The largest absolute Gasteiger partial charge is 0.399 e. The van der Waals surface area contributed by atoms with Gasteiger partial charge in [-0.15, -0.1) is 11.3 Å². The third kappa shape index (κ3) is 3.21. The third-order valence-electron chi connectivity index (χ3n) is 2.77. The number of thiazole rings is 1. The normalized spacial score (nSPS) is 11.6. The van der Waals surface area contributed by atoms with Gasteiger partial charge in [0.25, 0.3) is 0 Å². The molecule has 0 amide bonds. The maximum absolute atomic E-state index is 7.21. The summed E-state index contributed by atoms with van der Waals surface area (Å²) in [5, 5.41) is 8.15. The Bertz CT molecular complexity index is 655. The number of nitrogens with one attached hydrogen (secondary N) is 1. The van der Waals surface area contributed by atoms with Crippen molar-refractivity contribution in [2.75, 3.05) is 12.3 Å². The van der Waals surface area contributed by atoms with E-state index in [1.807, 2.05) is 38.1 Å². The van der Waals surface area contributed by atoms with Crippen LogP contribution in [0.2, 0.25) is 0 Å². The van der Waals surface area contributed by atoms with Crippen molar-refractivity contribution in [2.45, 2.75) is 13.8 Å². The average molecular weight is 287 g/mol. The molecule has 20 heavy (non-hydrogen) atoms. The Morgan fingerprint density at radius 3 is 2.60 bits per heavy atom. The van der Waals surface area contributed by atoms with Crippen molar-refractivity contribution < 1.29 is 0 Å². The van der Waals surface area contributed by atoms with Gasteiger partial charge in [-0.3, -0.25) is 10.4 Å². The lowest BCUT2D eigenvalue weighted by Gasteiger charge is -1.98. The zero-order valence-corrected chi connectivity index (χ0v) is 12.3. The quantitative estimate of drug-likeness (QED) is 0.457. The minimum Gasteiger partial charge on any atom is -0.399 e. The highest BCUT2D eigenvalue weighted by molar-refractivity contribution is 7.17. The molecule has 5 nitrogen and oxygen atoms in total. The van der Waals surface area contributed by atoms with E-state index in [9.17, 15) is 0 Å². The van der Waals surface area contributed by atoms with Gasteiger partial charge in [-0.25, -0.2) is 4.98 Å². The maximum Gasteiger partial charge on any atom is 0.124 e. The van der Waals surface area contributed by atoms with E-state index in [1.54, 1.807) is 11.3 Å². The first-order chi connectivity index (χ1) is 9.47. The van der Waals surface area contributed by atoms with E-state index in [0.717, 1.165) is 32.5 Å². The molecule has 0 radical (unpaired) electrons. The van der Waals surface area contributed by atoms with Crippen LogP contribution in [0.25, 0.3) is 10.6 Å². The monoisotopic (exact) mass is 287 g/mol. The number of aryl methyl sites for hydroxylation is 1. The molecule has 1 aromatic heterocycles. The Hall–Kier alpha value is -2.21. The van der Waals surface area contributed by atoms with Gasteiger partial charge in [-0.2, -0.15) is 0 Å². The van der Waals surface area contributed by atoms with E-state index in [0.29, 0.717) is 0 Å². The molecule has 2 aromatic rings. The number of hydrogen-bond donors (Lipinski definition) is 3. The van der Waals surface area contributed by atoms with Crippen molar-refractivity contribution in [1.29, 1.82) is 5.41 Å². The molecule has 5 N–H and O–H groups in total. The number of rotatable bonds is 4. The first-order valence-corrected chi connectivity index (χ1v) is 6.96. The molecule has 0 bridgehead atoms. The molecule has 0 aliphatic heterocycles. The van der Waals surface area contributed by atoms with E-state index in [4.69, 9.17) is 16.9 Å². The highest BCUT2D eigenvalue weighted by Gasteiger charge is 2.11. The van der Waals surface area contributed by atoms with Gasteiger partial charge in [0.05, 0.1) is 22.8 Å². The van der Waals surface area contributed by atoms with Crippen molar-refractivity contribution in [2.24, 2.45) is 10.7 Å². The summed E-state index contributed by atoms with van der Waals surface area (Å²) in [5.41, 5.74) is 14.6. The molecule has 1 heterocycles. The lowest BCUT2D eigenvalue weighted by atomic mass is 10.2. The number of benzene rings is 1. The standard InChI is InChI=1S/C14H17N5S/c1-8(18-7-12(16)17)13-9(2)19-14(20-13)10-3-5-11(15)6-4-10/h3-6H,7,15H2,1-2H3,(H3,16,17). The highest BCUT2D eigenvalue weighted by atomic mass is 32.1. The molecule has 0 spiro atoms. The SMILES string of the molecule is CC(=NCC(=N)N)c1sc(-c2ccc(N)cc2)nc1C. The molecule has 104 valence electrons. The van der Waals surface area contributed by atoms with E-state index in [-0.39, 0.29) is 12.4 Å². The van der Waals surface area contributed by atoms with Gasteiger partial charge >= 0.3 is 0 Å². The van der Waals surface area contributed by atoms with Crippen LogP contribution in [0.1, 0.15) is 17.5 Å². The van der Waals surface area contributed by atoms with Gasteiger partial charge in [0.15, 0.2) is 0 Å². The molecule has 0 saturated heterocycles. The Balaban J connectivity index is 2.32. The molecule has 6 heteroatoms. The van der Waals surface area contributed by atoms with Crippen molar-refractivity contribution in [1.82, 2.24) is 4.98 Å². The first-order valence-electron chi connectivity index (χ1n) is 6.15. The number of nitrogen functional groups attached to an aromatic ring is 1. The van der Waals surface area contributed by atoms with Gasteiger partial charge in [-0.05, 0) is 38.1 Å². The Morgan fingerprint density at radius 2 is 2.00 bits per heavy atom. The van der Waals surface area contributed by atoms with E-state index >= 15 is 0 Å². The molecule has 0 aliphatic carbocycles. The fourth-order valence-electron chi connectivity index (χ4n) is 1.76. The molecule has 0 saturated carbocycles. The Kier molecular flexibility index (Phi) is 4.14. The molecule has 0 unspecified atom stereocenters. The molecule has 0 atom stereocenters. The number of nitrogens with zero attached hydrogens (tertiary/aromatic N) is 2. The van der Waals surface area contributed by atoms with Crippen LogP contribution in [0.15, 0.2) is 29.3 Å². The summed E-state index contributed by atoms with van der Waals surface area (Å²) in [5.74, 6) is 0.0604. The lowest BCUT2D eigenvalue weighted by molar-refractivity contribution is 1.21. The van der Waals surface area contributed by atoms with Crippen LogP contribution in [0.5, 0.6) is 0 Å². The minimum atomic E-state index is 0.0604. The lowest BCUT2D eigenvalue weighted by Crippen LogP contribution is -2.14. The van der Waals surface area contributed by atoms with Crippen LogP contribution >= 0.6 is 11.3 Å². The van der Waals surface area contributed by atoms with E-state index in [2.05, 4.69) is 9.98 Å². The summed E-state index contributed by atoms with van der Waals surface area (Å²) in [4.78, 5) is 9.89. The summed E-state index contributed by atoms with van der Waals surface area (Å²) in [6.45, 7) is 4.09. The molecule has 0 aliphatic rings. The minimum absolute atomic E-state index is 0.0604. The summed E-state index contributed by atoms with van der Waals surface area (Å²) in [6, 6.07) is 7.64. The molecule has 2 rings (SSSR count). The van der Waals surface area contributed by atoms with Crippen LogP contribution in [0, 0.1) is 12.3 Å². The predicted molar refractivity (Wildman–Crippen MR) is 85.7 cm³/mol. The smallest absolute Gasteiger partial charge is 0.124 e. The Labute approximate surface area is 121 Å². The van der Waals surface area contributed by atoms with Gasteiger partial charge in [-0.1, -0.05) is 0 Å². The van der Waals surface area contributed by atoms with Crippen LogP contribution < -0.4 is 11.5 Å². The van der Waals surface area contributed by atoms with Crippen LogP contribution in [0.4, 0.5) is 5.69 Å². The van der Waals surface area contributed by atoms with Gasteiger partial charge < -0.3 is 11.5 Å². The van der Waals surface area contributed by atoms with Crippen molar-refractivity contribution in [3.63, 3.8) is 0 Å².